The molecule has 3 heteroatoms. The van der Waals surface area contributed by atoms with E-state index in [2.05, 4.69) is 29.4 Å². The van der Waals surface area contributed by atoms with Crippen LogP contribution in [0.3, 0.4) is 0 Å². The average molecular weight is 202 g/mol. The second kappa shape index (κ2) is 3.77. The molecule has 0 aliphatic rings. The van der Waals surface area contributed by atoms with Gasteiger partial charge in [-0.1, -0.05) is 18.2 Å². The molecular formula is C12H14N2O. The van der Waals surface area contributed by atoms with Crippen molar-refractivity contribution in [1.29, 1.82) is 0 Å². The van der Waals surface area contributed by atoms with Crippen LogP contribution in [0.5, 0.6) is 0 Å². The Morgan fingerprint density at radius 1 is 1.47 bits per heavy atom. The predicted molar refractivity (Wildman–Crippen MR) is 60.6 cm³/mol. The molecule has 0 saturated heterocycles. The molecule has 1 heterocycles. The number of hydrogen-bond donors (Lipinski definition) is 2. The Morgan fingerprint density at radius 2 is 2.27 bits per heavy atom. The maximum atomic E-state index is 10.8. The highest BCUT2D eigenvalue weighted by atomic mass is 16.1. The Bertz CT molecular complexity index is 499. The van der Waals surface area contributed by atoms with Crippen LogP contribution in [-0.4, -0.2) is 10.9 Å². The fourth-order valence-electron chi connectivity index (χ4n) is 1.73. The van der Waals surface area contributed by atoms with Gasteiger partial charge in [0.05, 0.1) is 0 Å². The molecule has 0 radical (unpaired) electrons. The summed E-state index contributed by atoms with van der Waals surface area (Å²) in [6, 6.07) is 6.17. The standard InChI is InChI=1S/C12H14N2O/c1-8-4-3-5-11-10(6-13-9(2)15)7-14-12(8)11/h3-5,7,14H,6H2,1-2H3,(H,13,15). The molecule has 2 aromatic rings. The van der Waals surface area contributed by atoms with Gasteiger partial charge in [0.25, 0.3) is 0 Å². The van der Waals surface area contributed by atoms with Crippen molar-refractivity contribution in [3.05, 3.63) is 35.5 Å². The molecule has 0 saturated carbocycles. The lowest BCUT2D eigenvalue weighted by molar-refractivity contribution is -0.119. The van der Waals surface area contributed by atoms with E-state index in [0.717, 1.165) is 11.1 Å². The summed E-state index contributed by atoms with van der Waals surface area (Å²) in [5.74, 6) is -0.00277. The highest BCUT2D eigenvalue weighted by Gasteiger charge is 2.04. The van der Waals surface area contributed by atoms with Gasteiger partial charge < -0.3 is 10.3 Å². The highest BCUT2D eigenvalue weighted by molar-refractivity contribution is 5.86. The summed E-state index contributed by atoms with van der Waals surface area (Å²) in [5, 5.41) is 3.98. The van der Waals surface area contributed by atoms with E-state index in [-0.39, 0.29) is 5.91 Å². The highest BCUT2D eigenvalue weighted by Crippen LogP contribution is 2.20. The van der Waals surface area contributed by atoms with Gasteiger partial charge in [-0.3, -0.25) is 4.79 Å². The first-order valence-electron chi connectivity index (χ1n) is 4.98. The van der Waals surface area contributed by atoms with Crippen LogP contribution in [0.4, 0.5) is 0 Å². The van der Waals surface area contributed by atoms with Crippen LogP contribution >= 0.6 is 0 Å². The summed E-state index contributed by atoms with van der Waals surface area (Å²) in [6.45, 7) is 4.18. The van der Waals surface area contributed by atoms with Crippen molar-refractivity contribution in [2.45, 2.75) is 20.4 Å². The van der Waals surface area contributed by atoms with Gasteiger partial charge in [0.1, 0.15) is 0 Å². The largest absolute Gasteiger partial charge is 0.361 e. The molecule has 0 aliphatic carbocycles. The van der Waals surface area contributed by atoms with Gasteiger partial charge in [-0.05, 0) is 18.1 Å². The molecule has 0 fully saturated rings. The molecule has 0 atom stereocenters. The molecule has 0 spiro atoms. The third kappa shape index (κ3) is 1.86. The van der Waals surface area contributed by atoms with Gasteiger partial charge >= 0.3 is 0 Å². The normalized spacial score (nSPS) is 10.5. The maximum absolute atomic E-state index is 10.8. The Labute approximate surface area is 88.5 Å². The van der Waals surface area contributed by atoms with Crippen molar-refractivity contribution in [3.63, 3.8) is 0 Å². The summed E-state index contributed by atoms with van der Waals surface area (Å²) in [7, 11) is 0. The zero-order chi connectivity index (χ0) is 10.8. The van der Waals surface area contributed by atoms with E-state index in [1.807, 2.05) is 12.3 Å². The van der Waals surface area contributed by atoms with Crippen LogP contribution in [-0.2, 0) is 11.3 Å². The lowest BCUT2D eigenvalue weighted by Crippen LogP contribution is -2.18. The second-order valence-corrected chi connectivity index (χ2v) is 3.72. The summed E-state index contributed by atoms with van der Waals surface area (Å²) < 4.78 is 0. The van der Waals surface area contributed by atoms with Crippen molar-refractivity contribution >= 4 is 16.8 Å². The summed E-state index contributed by atoms with van der Waals surface area (Å²) in [6.07, 6.45) is 1.95. The van der Waals surface area contributed by atoms with Crippen molar-refractivity contribution in [1.82, 2.24) is 10.3 Å². The number of fused-ring (bicyclic) bond motifs is 1. The number of nitrogens with one attached hydrogen (secondary N) is 2. The summed E-state index contributed by atoms with van der Waals surface area (Å²) in [4.78, 5) is 14.0. The van der Waals surface area contributed by atoms with Crippen LogP contribution in [0.25, 0.3) is 10.9 Å². The number of hydrogen-bond acceptors (Lipinski definition) is 1. The number of carbonyl (C=O) groups excluding carboxylic acids is 1. The fourth-order valence-corrected chi connectivity index (χ4v) is 1.73. The molecule has 1 amide bonds. The molecule has 2 N–H and O–H groups in total. The number of amides is 1. The van der Waals surface area contributed by atoms with Crippen molar-refractivity contribution < 1.29 is 4.79 Å². The molecule has 0 bridgehead atoms. The maximum Gasteiger partial charge on any atom is 0.217 e. The Kier molecular flexibility index (Phi) is 2.46. The molecule has 78 valence electrons. The van der Waals surface area contributed by atoms with Gasteiger partial charge in [-0.2, -0.15) is 0 Å². The van der Waals surface area contributed by atoms with E-state index in [1.54, 1.807) is 0 Å². The number of rotatable bonds is 2. The van der Waals surface area contributed by atoms with E-state index in [1.165, 1.54) is 17.9 Å². The van der Waals surface area contributed by atoms with Gasteiger partial charge in [-0.25, -0.2) is 0 Å². The quantitative estimate of drug-likeness (QED) is 0.769. The van der Waals surface area contributed by atoms with Gasteiger partial charge in [0.15, 0.2) is 0 Å². The van der Waals surface area contributed by atoms with Gasteiger partial charge in [-0.15, -0.1) is 0 Å². The SMILES string of the molecule is CC(=O)NCc1c[nH]c2c(C)cccc12. The zero-order valence-corrected chi connectivity index (χ0v) is 8.92. The lowest BCUT2D eigenvalue weighted by atomic mass is 10.1. The second-order valence-electron chi connectivity index (χ2n) is 3.72. The van der Waals surface area contributed by atoms with E-state index < -0.39 is 0 Å². The molecule has 2 rings (SSSR count). The monoisotopic (exact) mass is 202 g/mol. The first kappa shape index (κ1) is 9.77. The molecule has 15 heavy (non-hydrogen) atoms. The van der Waals surface area contributed by atoms with Crippen molar-refractivity contribution in [3.8, 4) is 0 Å². The number of aromatic amines is 1. The smallest absolute Gasteiger partial charge is 0.217 e. The Morgan fingerprint density at radius 3 is 3.00 bits per heavy atom. The van der Waals surface area contributed by atoms with Crippen molar-refractivity contribution in [2.75, 3.05) is 0 Å². The van der Waals surface area contributed by atoms with E-state index in [0.29, 0.717) is 6.54 Å². The minimum Gasteiger partial charge on any atom is -0.361 e. The molecule has 0 unspecified atom stereocenters. The van der Waals surface area contributed by atoms with E-state index in [9.17, 15) is 4.79 Å². The number of aryl methyl sites for hydroxylation is 1. The number of carbonyl (C=O) groups is 1. The minimum atomic E-state index is -0.00277. The van der Waals surface area contributed by atoms with E-state index >= 15 is 0 Å². The van der Waals surface area contributed by atoms with Gasteiger partial charge in [0.2, 0.25) is 5.91 Å². The summed E-state index contributed by atoms with van der Waals surface area (Å²) in [5.41, 5.74) is 3.50. The van der Waals surface area contributed by atoms with Gasteiger partial charge in [0, 0.05) is 30.6 Å². The predicted octanol–water partition coefficient (Wildman–Crippen LogP) is 2.11. The molecule has 1 aromatic heterocycles. The molecule has 1 aromatic carbocycles. The third-order valence-electron chi connectivity index (χ3n) is 2.54. The van der Waals surface area contributed by atoms with Crippen LogP contribution in [0.1, 0.15) is 18.1 Å². The number of H-pyrrole nitrogens is 1. The number of aromatic nitrogens is 1. The van der Waals surface area contributed by atoms with E-state index in [4.69, 9.17) is 0 Å². The molecular weight excluding hydrogens is 188 g/mol. The topological polar surface area (TPSA) is 44.9 Å². The minimum absolute atomic E-state index is 0.00277. The number of para-hydroxylation sites is 1. The Balaban J connectivity index is 2.37. The summed E-state index contributed by atoms with van der Waals surface area (Å²) >= 11 is 0. The first-order chi connectivity index (χ1) is 7.18. The average Bonchev–Trinajstić information content (AvgIpc) is 2.59. The van der Waals surface area contributed by atoms with Crippen LogP contribution in [0.2, 0.25) is 0 Å². The van der Waals surface area contributed by atoms with Crippen LogP contribution < -0.4 is 5.32 Å². The third-order valence-corrected chi connectivity index (χ3v) is 2.54. The van der Waals surface area contributed by atoms with Crippen LogP contribution in [0.15, 0.2) is 24.4 Å². The number of benzene rings is 1. The lowest BCUT2D eigenvalue weighted by Gasteiger charge is -2.00. The fraction of sp³-hybridized carbons (Fsp3) is 0.250. The van der Waals surface area contributed by atoms with Crippen molar-refractivity contribution in [2.24, 2.45) is 0 Å². The zero-order valence-electron chi connectivity index (χ0n) is 8.92. The molecule has 3 nitrogen and oxygen atoms in total. The van der Waals surface area contributed by atoms with Crippen LogP contribution in [0, 0.1) is 6.92 Å². The first-order valence-corrected chi connectivity index (χ1v) is 4.98. The molecule has 0 aliphatic heterocycles. The Hall–Kier alpha value is -1.77.